The van der Waals surface area contributed by atoms with Crippen LogP contribution < -0.4 is 10.6 Å². The number of benzene rings is 1. The molecule has 2 N–H and O–H groups in total. The van der Waals surface area contributed by atoms with Crippen molar-refractivity contribution < 1.29 is 9.59 Å². The van der Waals surface area contributed by atoms with E-state index in [4.69, 9.17) is 0 Å². The topological polar surface area (TPSA) is 92.2 Å². The highest BCUT2D eigenvalue weighted by molar-refractivity contribution is 6.39. The molecule has 26 heavy (non-hydrogen) atoms. The summed E-state index contributed by atoms with van der Waals surface area (Å²) in [6.07, 6.45) is 5.33. The highest BCUT2D eigenvalue weighted by Gasteiger charge is 2.24. The molecule has 1 aliphatic rings. The molecule has 1 saturated heterocycles. The maximum atomic E-state index is 12.1. The summed E-state index contributed by atoms with van der Waals surface area (Å²) in [6.45, 7) is 5.25. The zero-order chi connectivity index (χ0) is 18.4. The molecule has 0 unspecified atom stereocenters. The second-order valence-electron chi connectivity index (χ2n) is 6.38. The number of nitrogens with zero attached hydrogens (tertiary/aromatic N) is 4. The van der Waals surface area contributed by atoms with Crippen LogP contribution in [0.15, 0.2) is 36.9 Å². The van der Waals surface area contributed by atoms with Gasteiger partial charge in [0.2, 0.25) is 0 Å². The molecule has 1 aromatic heterocycles. The molecule has 8 heteroatoms. The normalized spacial score (nSPS) is 17.2. The van der Waals surface area contributed by atoms with E-state index >= 15 is 0 Å². The first kappa shape index (κ1) is 18.1. The molecule has 1 aromatic carbocycles. The molecule has 0 spiro atoms. The Kier molecular flexibility index (Phi) is 5.96. The third kappa shape index (κ3) is 4.66. The van der Waals surface area contributed by atoms with Crippen LogP contribution in [0.5, 0.6) is 0 Å². The van der Waals surface area contributed by atoms with Gasteiger partial charge in [0.1, 0.15) is 12.7 Å². The van der Waals surface area contributed by atoms with Gasteiger partial charge in [-0.25, -0.2) is 9.67 Å². The van der Waals surface area contributed by atoms with Crippen molar-refractivity contribution in [3.05, 3.63) is 42.5 Å². The summed E-state index contributed by atoms with van der Waals surface area (Å²) < 4.78 is 1.71. The smallest absolute Gasteiger partial charge is 0.313 e. The fraction of sp³-hybridized carbons (Fsp3) is 0.444. The molecule has 2 heterocycles. The maximum absolute atomic E-state index is 12.1. The summed E-state index contributed by atoms with van der Waals surface area (Å²) in [7, 11) is 0. The number of carbonyl (C=O) groups excluding carboxylic acids is 2. The molecule has 138 valence electrons. The average Bonchev–Trinajstić information content (AvgIpc) is 3.32. The number of hydrogen-bond donors (Lipinski definition) is 2. The number of likely N-dealkylation sites (N-methyl/N-ethyl adjacent to an activating group) is 1. The van der Waals surface area contributed by atoms with Crippen molar-refractivity contribution >= 4 is 17.5 Å². The Bertz CT molecular complexity index is 729. The van der Waals surface area contributed by atoms with Crippen LogP contribution in [-0.2, 0) is 16.1 Å². The van der Waals surface area contributed by atoms with Gasteiger partial charge >= 0.3 is 11.8 Å². The Hall–Kier alpha value is -2.74. The average molecular weight is 356 g/mol. The molecule has 0 radical (unpaired) electrons. The van der Waals surface area contributed by atoms with Crippen LogP contribution in [0.2, 0.25) is 0 Å². The Morgan fingerprint density at radius 2 is 2.04 bits per heavy atom. The van der Waals surface area contributed by atoms with Gasteiger partial charge in [0.15, 0.2) is 0 Å². The molecular formula is C18H24N6O2. The predicted octanol–water partition coefficient (Wildman–Crippen LogP) is 0.865. The number of rotatable bonds is 6. The number of carbonyl (C=O) groups is 2. The van der Waals surface area contributed by atoms with E-state index in [1.54, 1.807) is 23.1 Å². The third-order valence-corrected chi connectivity index (χ3v) is 4.63. The molecule has 0 aliphatic carbocycles. The van der Waals surface area contributed by atoms with Gasteiger partial charge in [-0.3, -0.25) is 14.5 Å². The van der Waals surface area contributed by atoms with Gasteiger partial charge in [0.25, 0.3) is 0 Å². The van der Waals surface area contributed by atoms with E-state index in [0.29, 0.717) is 24.8 Å². The first-order chi connectivity index (χ1) is 12.7. The minimum absolute atomic E-state index is 0.327. The third-order valence-electron chi connectivity index (χ3n) is 4.63. The highest BCUT2D eigenvalue weighted by Crippen LogP contribution is 2.15. The molecule has 2 aromatic rings. The number of amides is 2. The minimum atomic E-state index is -0.643. The lowest BCUT2D eigenvalue weighted by Crippen LogP contribution is -2.43. The minimum Gasteiger partial charge on any atom is -0.346 e. The van der Waals surface area contributed by atoms with Gasteiger partial charge in [-0.15, -0.1) is 0 Å². The number of likely N-dealkylation sites (tertiary alicyclic amines) is 1. The number of nitrogens with one attached hydrogen (secondary N) is 2. The van der Waals surface area contributed by atoms with Crippen molar-refractivity contribution in [2.75, 3.05) is 25.0 Å². The van der Waals surface area contributed by atoms with E-state index < -0.39 is 11.8 Å². The summed E-state index contributed by atoms with van der Waals surface area (Å²) in [5.74, 6) is -1.24. The van der Waals surface area contributed by atoms with Crippen LogP contribution in [0.25, 0.3) is 0 Å². The summed E-state index contributed by atoms with van der Waals surface area (Å²) in [4.78, 5) is 30.3. The zero-order valence-corrected chi connectivity index (χ0v) is 14.9. The van der Waals surface area contributed by atoms with Gasteiger partial charge < -0.3 is 10.6 Å². The van der Waals surface area contributed by atoms with Crippen LogP contribution >= 0.6 is 0 Å². The molecule has 1 aliphatic heterocycles. The van der Waals surface area contributed by atoms with Gasteiger partial charge in [-0.2, -0.15) is 5.10 Å². The second-order valence-corrected chi connectivity index (χ2v) is 6.38. The number of anilines is 1. The lowest BCUT2D eigenvalue weighted by Gasteiger charge is -2.22. The van der Waals surface area contributed by atoms with E-state index in [9.17, 15) is 9.59 Å². The first-order valence-corrected chi connectivity index (χ1v) is 8.90. The molecule has 0 saturated carbocycles. The van der Waals surface area contributed by atoms with E-state index in [-0.39, 0.29) is 0 Å². The monoisotopic (exact) mass is 356 g/mol. The molecule has 1 atom stereocenters. The number of aromatic nitrogens is 3. The van der Waals surface area contributed by atoms with Crippen LogP contribution in [-0.4, -0.2) is 57.2 Å². The van der Waals surface area contributed by atoms with Crippen LogP contribution in [0.3, 0.4) is 0 Å². The molecule has 3 rings (SSSR count). The fourth-order valence-corrected chi connectivity index (χ4v) is 3.22. The maximum Gasteiger partial charge on any atom is 0.313 e. The van der Waals surface area contributed by atoms with Crippen molar-refractivity contribution in [3.8, 4) is 0 Å². The quantitative estimate of drug-likeness (QED) is 0.749. The Morgan fingerprint density at radius 3 is 2.73 bits per heavy atom. The number of hydrogen-bond acceptors (Lipinski definition) is 5. The van der Waals surface area contributed by atoms with Gasteiger partial charge in [-0.1, -0.05) is 19.1 Å². The zero-order valence-electron chi connectivity index (χ0n) is 14.9. The first-order valence-electron chi connectivity index (χ1n) is 8.90. The van der Waals surface area contributed by atoms with Crippen molar-refractivity contribution in [1.29, 1.82) is 0 Å². The molecule has 2 amide bonds. The van der Waals surface area contributed by atoms with E-state index in [1.165, 1.54) is 6.33 Å². The summed E-state index contributed by atoms with van der Waals surface area (Å²) in [5.41, 5.74) is 1.61. The standard InChI is InChI=1S/C18H24N6O2/c1-2-23-9-3-4-16(23)10-20-17(25)18(26)22-15-7-5-14(6-8-15)11-24-13-19-12-21-24/h5-8,12-13,16H,2-4,9-11H2,1H3,(H,20,25)(H,22,26)/t16-/m0/s1. The van der Waals surface area contributed by atoms with Crippen molar-refractivity contribution in [3.63, 3.8) is 0 Å². The van der Waals surface area contributed by atoms with E-state index in [0.717, 1.165) is 31.5 Å². The molecular weight excluding hydrogens is 332 g/mol. The summed E-state index contributed by atoms with van der Waals surface area (Å²) in [6, 6.07) is 7.63. The molecule has 8 nitrogen and oxygen atoms in total. The van der Waals surface area contributed by atoms with Crippen molar-refractivity contribution in [1.82, 2.24) is 25.0 Å². The molecule has 0 bridgehead atoms. The largest absolute Gasteiger partial charge is 0.346 e. The van der Waals surface area contributed by atoms with E-state index in [1.807, 2.05) is 12.1 Å². The SMILES string of the molecule is CCN1CCC[C@H]1CNC(=O)C(=O)Nc1ccc(Cn2cncn2)cc1. The Balaban J connectivity index is 1.47. The Labute approximate surface area is 152 Å². The van der Waals surface area contributed by atoms with Gasteiger partial charge in [-0.05, 0) is 43.6 Å². The van der Waals surface area contributed by atoms with Gasteiger partial charge in [0.05, 0.1) is 6.54 Å². The lowest BCUT2D eigenvalue weighted by atomic mass is 10.2. The van der Waals surface area contributed by atoms with Gasteiger partial charge in [0, 0.05) is 18.3 Å². The molecule has 1 fully saturated rings. The highest BCUT2D eigenvalue weighted by atomic mass is 16.2. The summed E-state index contributed by atoms with van der Waals surface area (Å²) in [5, 5.41) is 9.42. The Morgan fingerprint density at radius 1 is 1.23 bits per heavy atom. The van der Waals surface area contributed by atoms with Crippen LogP contribution in [0, 0.1) is 0 Å². The summed E-state index contributed by atoms with van der Waals surface area (Å²) >= 11 is 0. The van der Waals surface area contributed by atoms with E-state index in [2.05, 4.69) is 32.5 Å². The fourth-order valence-electron chi connectivity index (χ4n) is 3.22. The lowest BCUT2D eigenvalue weighted by molar-refractivity contribution is -0.136. The second kappa shape index (κ2) is 8.57. The van der Waals surface area contributed by atoms with Crippen molar-refractivity contribution in [2.24, 2.45) is 0 Å². The van der Waals surface area contributed by atoms with Crippen LogP contribution in [0.4, 0.5) is 5.69 Å². The van der Waals surface area contributed by atoms with Crippen LogP contribution in [0.1, 0.15) is 25.3 Å². The predicted molar refractivity (Wildman–Crippen MR) is 97.5 cm³/mol. The van der Waals surface area contributed by atoms with Crippen molar-refractivity contribution in [2.45, 2.75) is 32.4 Å².